The Bertz CT molecular complexity index is 436. The smallest absolute Gasteiger partial charge is 0.216 e. The van der Waals surface area contributed by atoms with E-state index >= 15 is 0 Å². The van der Waals surface area contributed by atoms with Crippen molar-refractivity contribution in [1.82, 2.24) is 10.2 Å². The van der Waals surface area contributed by atoms with Crippen LogP contribution in [0.5, 0.6) is 0 Å². The molecule has 0 atom stereocenters. The predicted octanol–water partition coefficient (Wildman–Crippen LogP) is 2.44. The Morgan fingerprint density at radius 1 is 1.32 bits per heavy atom. The Morgan fingerprint density at radius 3 is 2.42 bits per heavy atom. The van der Waals surface area contributed by atoms with Gasteiger partial charge in [0.15, 0.2) is 0 Å². The maximum atomic E-state index is 11.2. The molecule has 1 aliphatic heterocycles. The maximum Gasteiger partial charge on any atom is 0.216 e. The Morgan fingerprint density at radius 2 is 1.89 bits per heavy atom. The number of amides is 1. The van der Waals surface area contributed by atoms with E-state index in [0.717, 1.165) is 31.0 Å². The van der Waals surface area contributed by atoms with Crippen molar-refractivity contribution >= 4 is 17.5 Å². The fourth-order valence-electron chi connectivity index (χ4n) is 2.71. The highest BCUT2D eigenvalue weighted by Gasteiger charge is 2.35. The summed E-state index contributed by atoms with van der Waals surface area (Å²) in [6, 6.07) is 8.06. The number of likely N-dealkylation sites (tertiary alicyclic amines) is 1. The second-order valence-corrected chi connectivity index (χ2v) is 5.94. The summed E-state index contributed by atoms with van der Waals surface area (Å²) in [5, 5.41) is 3.75. The van der Waals surface area contributed by atoms with E-state index in [4.69, 9.17) is 11.6 Å². The number of nitrogens with one attached hydrogen (secondary N) is 1. The first kappa shape index (κ1) is 14.4. The molecule has 0 aromatic heterocycles. The largest absolute Gasteiger partial charge is 0.355 e. The number of hydrogen-bond acceptors (Lipinski definition) is 2. The minimum atomic E-state index is 0.0345. The van der Waals surface area contributed by atoms with Gasteiger partial charge in [0.05, 0.1) is 0 Å². The molecule has 0 unspecified atom stereocenters. The molecule has 1 N–H and O–H groups in total. The first-order valence-corrected chi connectivity index (χ1v) is 7.09. The van der Waals surface area contributed by atoms with Crippen molar-refractivity contribution in [2.75, 3.05) is 26.7 Å². The highest BCUT2D eigenvalue weighted by molar-refractivity contribution is 6.30. The zero-order valence-corrected chi connectivity index (χ0v) is 12.3. The molecule has 1 aliphatic rings. The molecule has 0 spiro atoms. The van der Waals surface area contributed by atoms with Crippen molar-refractivity contribution in [2.24, 2.45) is 0 Å². The molecule has 1 heterocycles. The molecule has 2 rings (SSSR count). The summed E-state index contributed by atoms with van der Waals surface area (Å²) in [6.07, 6.45) is 2.12. The van der Waals surface area contributed by atoms with Gasteiger partial charge < -0.3 is 10.2 Å². The third-order valence-corrected chi connectivity index (χ3v) is 4.33. The molecular weight excluding hydrogens is 260 g/mol. The summed E-state index contributed by atoms with van der Waals surface area (Å²) in [6.45, 7) is 4.40. The number of benzene rings is 1. The van der Waals surface area contributed by atoms with Crippen molar-refractivity contribution in [3.8, 4) is 0 Å². The third kappa shape index (κ3) is 3.48. The average molecular weight is 281 g/mol. The topological polar surface area (TPSA) is 32.3 Å². The number of halogens is 1. The minimum absolute atomic E-state index is 0.0345. The summed E-state index contributed by atoms with van der Waals surface area (Å²) in [4.78, 5) is 13.6. The van der Waals surface area contributed by atoms with Gasteiger partial charge in [-0.25, -0.2) is 0 Å². The number of hydrogen-bond donors (Lipinski definition) is 1. The summed E-state index contributed by atoms with van der Waals surface area (Å²) < 4.78 is 0. The molecule has 0 aliphatic carbocycles. The number of carbonyl (C=O) groups is 1. The van der Waals surface area contributed by atoms with Crippen LogP contribution in [-0.2, 0) is 10.2 Å². The fourth-order valence-corrected chi connectivity index (χ4v) is 2.84. The first-order valence-electron chi connectivity index (χ1n) is 6.71. The number of carbonyl (C=O) groups excluding carboxylic acids is 1. The van der Waals surface area contributed by atoms with E-state index in [1.165, 1.54) is 5.56 Å². The van der Waals surface area contributed by atoms with E-state index in [1.54, 1.807) is 6.92 Å². The Balaban J connectivity index is 2.22. The summed E-state index contributed by atoms with van der Waals surface area (Å²) >= 11 is 5.97. The molecule has 1 amide bonds. The molecule has 19 heavy (non-hydrogen) atoms. The number of nitrogens with zero attached hydrogens (tertiary/aromatic N) is 1. The number of piperidine rings is 1. The zero-order valence-electron chi connectivity index (χ0n) is 11.6. The van der Waals surface area contributed by atoms with Gasteiger partial charge in [0, 0.05) is 23.9 Å². The fraction of sp³-hybridized carbons (Fsp3) is 0.533. The molecule has 0 radical (unpaired) electrons. The van der Waals surface area contributed by atoms with Crippen LogP contribution in [-0.4, -0.2) is 37.5 Å². The lowest BCUT2D eigenvalue weighted by molar-refractivity contribution is -0.119. The maximum absolute atomic E-state index is 11.2. The second kappa shape index (κ2) is 5.93. The normalized spacial score (nSPS) is 19.1. The number of rotatable bonds is 3. The van der Waals surface area contributed by atoms with Gasteiger partial charge in [0.2, 0.25) is 5.91 Å². The SMILES string of the molecule is CC(=O)NCC1(c2ccc(Cl)cc2)CCN(C)CC1. The van der Waals surface area contributed by atoms with Crippen molar-refractivity contribution in [3.05, 3.63) is 34.9 Å². The third-order valence-electron chi connectivity index (χ3n) is 4.08. The van der Waals surface area contributed by atoms with Gasteiger partial charge in [0.1, 0.15) is 0 Å². The van der Waals surface area contributed by atoms with Gasteiger partial charge in [-0.3, -0.25) is 4.79 Å². The monoisotopic (exact) mass is 280 g/mol. The van der Waals surface area contributed by atoms with E-state index in [2.05, 4.69) is 29.4 Å². The van der Waals surface area contributed by atoms with Gasteiger partial charge in [0.25, 0.3) is 0 Å². The van der Waals surface area contributed by atoms with Gasteiger partial charge in [-0.2, -0.15) is 0 Å². The van der Waals surface area contributed by atoms with Gasteiger partial charge in [-0.05, 0) is 50.7 Å². The van der Waals surface area contributed by atoms with E-state index in [9.17, 15) is 4.79 Å². The van der Waals surface area contributed by atoms with E-state index in [0.29, 0.717) is 6.54 Å². The summed E-state index contributed by atoms with van der Waals surface area (Å²) in [5.41, 5.74) is 1.32. The Kier molecular flexibility index (Phi) is 4.48. The molecule has 4 heteroatoms. The van der Waals surface area contributed by atoms with Crippen LogP contribution in [0, 0.1) is 0 Å². The standard InChI is InChI=1S/C15H21ClN2O/c1-12(19)17-11-15(7-9-18(2)10-8-15)13-3-5-14(16)6-4-13/h3-6H,7-11H2,1-2H3,(H,17,19). The Hall–Kier alpha value is -1.06. The van der Waals surface area contributed by atoms with Crippen molar-refractivity contribution < 1.29 is 4.79 Å². The van der Waals surface area contributed by atoms with E-state index in [1.807, 2.05) is 12.1 Å². The van der Waals surface area contributed by atoms with E-state index in [-0.39, 0.29) is 11.3 Å². The average Bonchev–Trinajstić information content (AvgIpc) is 2.39. The molecule has 1 aromatic carbocycles. The molecule has 3 nitrogen and oxygen atoms in total. The van der Waals surface area contributed by atoms with Crippen molar-refractivity contribution in [2.45, 2.75) is 25.2 Å². The van der Waals surface area contributed by atoms with Crippen LogP contribution in [0.3, 0.4) is 0 Å². The quantitative estimate of drug-likeness (QED) is 0.922. The first-order chi connectivity index (χ1) is 9.02. The molecule has 0 saturated carbocycles. The highest BCUT2D eigenvalue weighted by atomic mass is 35.5. The molecule has 0 bridgehead atoms. The van der Waals surface area contributed by atoms with Crippen LogP contribution < -0.4 is 5.32 Å². The van der Waals surface area contributed by atoms with Crippen molar-refractivity contribution in [3.63, 3.8) is 0 Å². The minimum Gasteiger partial charge on any atom is -0.355 e. The van der Waals surface area contributed by atoms with Crippen LogP contribution in [0.15, 0.2) is 24.3 Å². The van der Waals surface area contributed by atoms with Crippen LogP contribution in [0.25, 0.3) is 0 Å². The molecular formula is C15H21ClN2O. The Labute approximate surface area is 119 Å². The highest BCUT2D eigenvalue weighted by Crippen LogP contribution is 2.35. The van der Waals surface area contributed by atoms with Crippen molar-refractivity contribution in [1.29, 1.82) is 0 Å². The second-order valence-electron chi connectivity index (χ2n) is 5.50. The zero-order chi connectivity index (χ0) is 13.9. The lowest BCUT2D eigenvalue weighted by atomic mass is 9.72. The molecule has 1 saturated heterocycles. The van der Waals surface area contributed by atoms with Crippen LogP contribution in [0.1, 0.15) is 25.3 Å². The van der Waals surface area contributed by atoms with Gasteiger partial charge >= 0.3 is 0 Å². The van der Waals surface area contributed by atoms with Crippen LogP contribution in [0.4, 0.5) is 0 Å². The summed E-state index contributed by atoms with van der Waals surface area (Å²) in [5.74, 6) is 0.0345. The van der Waals surface area contributed by atoms with Crippen LogP contribution in [0.2, 0.25) is 5.02 Å². The lowest BCUT2D eigenvalue weighted by Crippen LogP contribution is -2.47. The molecule has 1 aromatic rings. The summed E-state index contributed by atoms with van der Waals surface area (Å²) in [7, 11) is 2.14. The van der Waals surface area contributed by atoms with Gasteiger partial charge in [-0.1, -0.05) is 23.7 Å². The van der Waals surface area contributed by atoms with Crippen LogP contribution >= 0.6 is 11.6 Å². The van der Waals surface area contributed by atoms with Gasteiger partial charge in [-0.15, -0.1) is 0 Å². The molecule has 1 fully saturated rings. The van der Waals surface area contributed by atoms with E-state index < -0.39 is 0 Å². The predicted molar refractivity (Wildman–Crippen MR) is 78.5 cm³/mol. The molecule has 104 valence electrons. The lowest BCUT2D eigenvalue weighted by Gasteiger charge is -2.41.